The number of amides is 1. The molecule has 0 saturated carbocycles. The van der Waals surface area contributed by atoms with Gasteiger partial charge in [-0.1, -0.05) is 72.6 Å². The second-order valence-electron chi connectivity index (χ2n) is 9.28. The molecule has 40 heavy (non-hydrogen) atoms. The Balaban J connectivity index is 1.61. The van der Waals surface area contributed by atoms with Crippen LogP contribution in [-0.4, -0.2) is 27.0 Å². The highest BCUT2D eigenvalue weighted by Crippen LogP contribution is 2.28. The second kappa shape index (κ2) is 12.4. The summed E-state index contributed by atoms with van der Waals surface area (Å²) in [5.74, 6) is 0.757. The van der Waals surface area contributed by atoms with Crippen LogP contribution >= 0.6 is 23.2 Å². The Labute approximate surface area is 242 Å². The van der Waals surface area contributed by atoms with Crippen LogP contribution in [0.2, 0.25) is 10.0 Å². The van der Waals surface area contributed by atoms with Crippen molar-refractivity contribution in [2.75, 3.05) is 6.61 Å². The van der Waals surface area contributed by atoms with Crippen molar-refractivity contribution >= 4 is 40.0 Å². The third-order valence-electron chi connectivity index (χ3n) is 6.64. The molecule has 8 heteroatoms. The van der Waals surface area contributed by atoms with Crippen molar-refractivity contribution < 1.29 is 9.53 Å². The van der Waals surface area contributed by atoms with E-state index in [1.807, 2.05) is 55.5 Å². The maximum atomic E-state index is 13.9. The lowest BCUT2D eigenvalue weighted by Gasteiger charge is -2.32. The van der Waals surface area contributed by atoms with Crippen LogP contribution in [0.15, 0.2) is 108 Å². The first-order valence-corrected chi connectivity index (χ1v) is 13.7. The standard InChI is InChI=1S/C32H27Cl2N3O3/c1-2-29(31-35-28-11-7-6-10-27(28)32(39)37(31)25-16-12-23(33)13-17-25)36(20-22-8-4-3-5-9-22)30(38)21-40-26-18-14-24(34)15-19-26/h3-19,29H,2,20-21H2,1H3. The van der Waals surface area contributed by atoms with Gasteiger partial charge in [-0.05, 0) is 72.6 Å². The highest BCUT2D eigenvalue weighted by molar-refractivity contribution is 6.30. The lowest BCUT2D eigenvalue weighted by Crippen LogP contribution is -2.40. The number of hydrogen-bond donors (Lipinski definition) is 0. The van der Waals surface area contributed by atoms with Crippen LogP contribution in [0.1, 0.15) is 30.8 Å². The Kier molecular flexibility index (Phi) is 8.48. The van der Waals surface area contributed by atoms with Gasteiger partial charge in [0.2, 0.25) is 0 Å². The maximum Gasteiger partial charge on any atom is 0.266 e. The van der Waals surface area contributed by atoms with Crippen LogP contribution in [0.5, 0.6) is 5.75 Å². The van der Waals surface area contributed by atoms with Gasteiger partial charge in [0.15, 0.2) is 6.61 Å². The summed E-state index contributed by atoms with van der Waals surface area (Å²) in [5, 5.41) is 1.63. The normalized spacial score (nSPS) is 11.8. The van der Waals surface area contributed by atoms with Gasteiger partial charge in [0.25, 0.3) is 11.5 Å². The van der Waals surface area contributed by atoms with E-state index in [1.165, 1.54) is 0 Å². The minimum Gasteiger partial charge on any atom is -0.484 e. The molecule has 202 valence electrons. The highest BCUT2D eigenvalue weighted by Gasteiger charge is 2.29. The van der Waals surface area contributed by atoms with E-state index in [0.717, 1.165) is 5.56 Å². The molecule has 1 heterocycles. The molecule has 5 rings (SSSR count). The number of nitrogens with zero attached hydrogens (tertiary/aromatic N) is 3. The lowest BCUT2D eigenvalue weighted by atomic mass is 10.1. The van der Waals surface area contributed by atoms with E-state index >= 15 is 0 Å². The summed E-state index contributed by atoms with van der Waals surface area (Å²) in [7, 11) is 0. The predicted octanol–water partition coefficient (Wildman–Crippen LogP) is 7.25. The first-order chi connectivity index (χ1) is 19.4. The Morgan fingerprint density at radius 2 is 1.50 bits per heavy atom. The van der Waals surface area contributed by atoms with Crippen LogP contribution in [0.4, 0.5) is 0 Å². The quantitative estimate of drug-likeness (QED) is 0.187. The summed E-state index contributed by atoms with van der Waals surface area (Å²) in [4.78, 5) is 34.4. The summed E-state index contributed by atoms with van der Waals surface area (Å²) in [6.07, 6.45) is 0.512. The fraction of sp³-hybridized carbons (Fsp3) is 0.156. The Morgan fingerprint density at radius 1 is 0.875 bits per heavy atom. The third kappa shape index (κ3) is 6.03. The van der Waals surface area contributed by atoms with Gasteiger partial charge in [0.1, 0.15) is 11.6 Å². The molecule has 4 aromatic carbocycles. The molecular formula is C32H27Cl2N3O3. The van der Waals surface area contributed by atoms with Gasteiger partial charge in [0.05, 0.1) is 22.6 Å². The van der Waals surface area contributed by atoms with E-state index in [4.69, 9.17) is 32.9 Å². The van der Waals surface area contributed by atoms with Crippen molar-refractivity contribution in [3.63, 3.8) is 0 Å². The summed E-state index contributed by atoms with van der Waals surface area (Å²) in [6, 6.07) is 30.3. The average molecular weight is 572 g/mol. The molecule has 0 saturated heterocycles. The molecule has 0 radical (unpaired) electrons. The number of hydrogen-bond acceptors (Lipinski definition) is 4. The zero-order valence-corrected chi connectivity index (χ0v) is 23.3. The lowest BCUT2D eigenvalue weighted by molar-refractivity contribution is -0.137. The smallest absolute Gasteiger partial charge is 0.266 e. The van der Waals surface area contributed by atoms with Gasteiger partial charge in [-0.15, -0.1) is 0 Å². The van der Waals surface area contributed by atoms with E-state index < -0.39 is 6.04 Å². The monoisotopic (exact) mass is 571 g/mol. The van der Waals surface area contributed by atoms with Crippen LogP contribution in [0, 0.1) is 0 Å². The van der Waals surface area contributed by atoms with Crippen molar-refractivity contribution in [3.8, 4) is 11.4 Å². The van der Waals surface area contributed by atoms with Gasteiger partial charge < -0.3 is 9.64 Å². The fourth-order valence-corrected chi connectivity index (χ4v) is 4.92. The molecule has 0 aliphatic rings. The molecule has 0 aliphatic carbocycles. The largest absolute Gasteiger partial charge is 0.484 e. The van der Waals surface area contributed by atoms with Gasteiger partial charge in [0, 0.05) is 16.6 Å². The van der Waals surface area contributed by atoms with Crippen molar-refractivity contribution in [2.24, 2.45) is 0 Å². The molecule has 0 fully saturated rings. The van der Waals surface area contributed by atoms with E-state index in [1.54, 1.807) is 64.1 Å². The second-order valence-corrected chi connectivity index (χ2v) is 10.2. The van der Waals surface area contributed by atoms with Crippen LogP contribution in [0.3, 0.4) is 0 Å². The Morgan fingerprint density at radius 3 is 2.17 bits per heavy atom. The number of aromatic nitrogens is 2. The van der Waals surface area contributed by atoms with Gasteiger partial charge in [-0.25, -0.2) is 4.98 Å². The molecule has 1 atom stereocenters. The van der Waals surface area contributed by atoms with Gasteiger partial charge >= 0.3 is 0 Å². The SMILES string of the molecule is CCC(c1nc2ccccc2c(=O)n1-c1ccc(Cl)cc1)N(Cc1ccccc1)C(=O)COc1ccc(Cl)cc1. The van der Waals surface area contributed by atoms with E-state index in [0.29, 0.717) is 51.2 Å². The molecule has 6 nitrogen and oxygen atoms in total. The van der Waals surface area contributed by atoms with Crippen LogP contribution in [-0.2, 0) is 11.3 Å². The molecule has 1 unspecified atom stereocenters. The third-order valence-corrected chi connectivity index (χ3v) is 7.14. The number of fused-ring (bicyclic) bond motifs is 1. The summed E-state index contributed by atoms with van der Waals surface area (Å²) in [6.45, 7) is 2.10. The minimum atomic E-state index is -0.533. The topological polar surface area (TPSA) is 64.4 Å². The number of ether oxygens (including phenoxy) is 1. The van der Waals surface area contributed by atoms with Gasteiger partial charge in [-0.2, -0.15) is 0 Å². The first-order valence-electron chi connectivity index (χ1n) is 12.9. The number of carbonyl (C=O) groups excluding carboxylic acids is 1. The molecule has 1 aromatic heterocycles. The Bertz CT molecular complexity index is 1670. The fourth-order valence-electron chi connectivity index (χ4n) is 4.67. The predicted molar refractivity (Wildman–Crippen MR) is 159 cm³/mol. The van der Waals surface area contributed by atoms with Gasteiger partial charge in [-0.3, -0.25) is 14.2 Å². The first kappa shape index (κ1) is 27.4. The molecule has 0 bridgehead atoms. The van der Waals surface area contributed by atoms with Crippen molar-refractivity contribution in [1.82, 2.24) is 14.5 Å². The summed E-state index contributed by atoms with van der Waals surface area (Å²) < 4.78 is 7.42. The molecular weight excluding hydrogens is 545 g/mol. The molecule has 0 aliphatic heterocycles. The summed E-state index contributed by atoms with van der Waals surface area (Å²) >= 11 is 12.2. The molecule has 0 spiro atoms. The van der Waals surface area contributed by atoms with Crippen molar-refractivity contribution in [1.29, 1.82) is 0 Å². The van der Waals surface area contributed by atoms with Crippen molar-refractivity contribution in [2.45, 2.75) is 25.9 Å². The van der Waals surface area contributed by atoms with E-state index in [2.05, 4.69) is 0 Å². The maximum absolute atomic E-state index is 13.9. The van der Waals surface area contributed by atoms with E-state index in [9.17, 15) is 9.59 Å². The number of benzene rings is 4. The highest BCUT2D eigenvalue weighted by atomic mass is 35.5. The average Bonchev–Trinajstić information content (AvgIpc) is 2.98. The Hall–Kier alpha value is -4.13. The van der Waals surface area contributed by atoms with Crippen LogP contribution in [0.25, 0.3) is 16.6 Å². The molecule has 1 amide bonds. The zero-order chi connectivity index (χ0) is 28.1. The van der Waals surface area contributed by atoms with E-state index in [-0.39, 0.29) is 18.1 Å². The summed E-state index contributed by atoms with van der Waals surface area (Å²) in [5.41, 5.74) is 1.91. The zero-order valence-electron chi connectivity index (χ0n) is 21.8. The number of carbonyl (C=O) groups is 1. The number of para-hydroxylation sites is 1. The van der Waals surface area contributed by atoms with Crippen LogP contribution < -0.4 is 10.3 Å². The molecule has 0 N–H and O–H groups in total. The van der Waals surface area contributed by atoms with Crippen molar-refractivity contribution in [3.05, 3.63) is 135 Å². The minimum absolute atomic E-state index is 0.191. The molecule has 5 aromatic rings. The number of rotatable bonds is 9. The number of halogens is 2.